The molecular formula is C17H22N4O3S2. The van der Waals surface area contributed by atoms with Gasteiger partial charge < -0.3 is 9.80 Å². The first-order valence-electron chi connectivity index (χ1n) is 8.79. The molecule has 2 aromatic rings. The van der Waals surface area contributed by atoms with Gasteiger partial charge in [0, 0.05) is 32.7 Å². The molecule has 0 bridgehead atoms. The number of benzene rings is 1. The van der Waals surface area contributed by atoms with E-state index >= 15 is 0 Å². The topological polar surface area (TPSA) is 73.8 Å². The van der Waals surface area contributed by atoms with E-state index in [9.17, 15) is 13.2 Å². The van der Waals surface area contributed by atoms with Crippen LogP contribution >= 0.6 is 11.3 Å². The summed E-state index contributed by atoms with van der Waals surface area (Å²) in [5.74, 6) is -0.0584. The third kappa shape index (κ3) is 3.30. The van der Waals surface area contributed by atoms with Crippen molar-refractivity contribution in [3.05, 3.63) is 24.3 Å². The Kier molecular flexibility index (Phi) is 4.62. The van der Waals surface area contributed by atoms with Gasteiger partial charge in [0.15, 0.2) is 5.13 Å². The van der Waals surface area contributed by atoms with Crippen molar-refractivity contribution in [1.82, 2.24) is 14.2 Å². The largest absolute Gasteiger partial charge is 0.345 e. The molecule has 1 atom stereocenters. The van der Waals surface area contributed by atoms with Crippen molar-refractivity contribution in [2.45, 2.75) is 18.9 Å². The number of hydrogen-bond donors (Lipinski definition) is 0. The third-order valence-electron chi connectivity index (χ3n) is 5.06. The predicted octanol–water partition coefficient (Wildman–Crippen LogP) is 1.37. The maximum atomic E-state index is 12.8. The molecule has 0 N–H and O–H groups in total. The van der Waals surface area contributed by atoms with E-state index in [1.165, 1.54) is 10.6 Å². The number of piperazine rings is 1. The predicted molar refractivity (Wildman–Crippen MR) is 103 cm³/mol. The summed E-state index contributed by atoms with van der Waals surface area (Å²) in [7, 11) is -3.34. The van der Waals surface area contributed by atoms with Gasteiger partial charge in [0.2, 0.25) is 15.9 Å². The highest BCUT2D eigenvalue weighted by molar-refractivity contribution is 7.88. The van der Waals surface area contributed by atoms with Gasteiger partial charge >= 0.3 is 0 Å². The smallest absolute Gasteiger partial charge is 0.241 e. The van der Waals surface area contributed by atoms with Crippen LogP contribution in [0.1, 0.15) is 12.8 Å². The van der Waals surface area contributed by atoms with Crippen LogP contribution in [0.4, 0.5) is 5.13 Å². The van der Waals surface area contributed by atoms with Crippen LogP contribution in [0.2, 0.25) is 0 Å². The molecule has 1 aromatic carbocycles. The molecule has 2 fully saturated rings. The van der Waals surface area contributed by atoms with Gasteiger partial charge in [-0.2, -0.15) is 4.31 Å². The summed E-state index contributed by atoms with van der Waals surface area (Å²) in [6, 6.07) is 7.54. The van der Waals surface area contributed by atoms with Crippen LogP contribution < -0.4 is 4.90 Å². The van der Waals surface area contributed by atoms with E-state index in [0.717, 1.165) is 34.9 Å². The average molecular weight is 395 g/mol. The van der Waals surface area contributed by atoms with Crippen molar-refractivity contribution >= 4 is 42.6 Å². The molecule has 140 valence electrons. The van der Waals surface area contributed by atoms with Crippen molar-refractivity contribution in [1.29, 1.82) is 0 Å². The lowest BCUT2D eigenvalue weighted by atomic mass is 10.2. The molecule has 2 saturated heterocycles. The van der Waals surface area contributed by atoms with E-state index in [0.29, 0.717) is 26.1 Å². The van der Waals surface area contributed by atoms with Gasteiger partial charge in [-0.3, -0.25) is 4.79 Å². The fraction of sp³-hybridized carbons (Fsp3) is 0.529. The Hall–Kier alpha value is -1.71. The molecule has 9 heteroatoms. The summed E-state index contributed by atoms with van der Waals surface area (Å²) >= 11 is 1.67. The molecule has 0 saturated carbocycles. The Morgan fingerprint density at radius 2 is 1.88 bits per heavy atom. The summed E-state index contributed by atoms with van der Waals surface area (Å²) in [5, 5.41) is 0.983. The zero-order valence-electron chi connectivity index (χ0n) is 14.7. The number of thiazole rings is 1. The normalized spacial score (nSPS) is 22.3. The fourth-order valence-corrected chi connectivity index (χ4v) is 5.84. The number of nitrogens with zero attached hydrogens (tertiary/aromatic N) is 4. The number of anilines is 1. The molecular weight excluding hydrogens is 372 g/mol. The van der Waals surface area contributed by atoms with Crippen molar-refractivity contribution in [3.63, 3.8) is 0 Å². The number of fused-ring (bicyclic) bond motifs is 1. The van der Waals surface area contributed by atoms with Crippen molar-refractivity contribution < 1.29 is 13.2 Å². The molecule has 1 unspecified atom stereocenters. The highest BCUT2D eigenvalue weighted by Crippen LogP contribution is 2.29. The number of carbonyl (C=O) groups is 1. The Balaban J connectivity index is 1.42. The third-order valence-corrected chi connectivity index (χ3v) is 7.45. The molecule has 0 spiro atoms. The summed E-state index contributed by atoms with van der Waals surface area (Å²) in [6.07, 6.45) is 2.54. The second-order valence-electron chi connectivity index (χ2n) is 6.81. The van der Waals surface area contributed by atoms with E-state index in [1.807, 2.05) is 18.2 Å². The first kappa shape index (κ1) is 17.7. The molecule has 7 nitrogen and oxygen atoms in total. The minimum absolute atomic E-state index is 0.0584. The van der Waals surface area contributed by atoms with Gasteiger partial charge in [-0.1, -0.05) is 23.5 Å². The molecule has 2 aliphatic rings. The Morgan fingerprint density at radius 3 is 2.58 bits per heavy atom. The standard InChI is InChI=1S/C17H22N4O3S2/c1-26(23,24)21-8-4-6-14(21)16(22)19-9-11-20(12-10-19)17-18-13-5-2-3-7-15(13)25-17/h2-3,5,7,14H,4,6,8-12H2,1H3. The van der Waals surface area contributed by atoms with Crippen LogP contribution in [-0.2, 0) is 14.8 Å². The van der Waals surface area contributed by atoms with Crippen molar-refractivity contribution in [2.75, 3.05) is 43.9 Å². The lowest BCUT2D eigenvalue weighted by Gasteiger charge is -2.36. The lowest BCUT2D eigenvalue weighted by Crippen LogP contribution is -2.54. The molecule has 4 rings (SSSR count). The van der Waals surface area contributed by atoms with E-state index in [1.54, 1.807) is 16.2 Å². The van der Waals surface area contributed by atoms with Crippen molar-refractivity contribution in [2.24, 2.45) is 0 Å². The first-order chi connectivity index (χ1) is 12.4. The van der Waals surface area contributed by atoms with E-state index in [2.05, 4.69) is 16.0 Å². The molecule has 1 aromatic heterocycles. The highest BCUT2D eigenvalue weighted by atomic mass is 32.2. The van der Waals surface area contributed by atoms with Crippen LogP contribution in [0.5, 0.6) is 0 Å². The monoisotopic (exact) mass is 394 g/mol. The Labute approximate surface area is 157 Å². The number of aromatic nitrogens is 1. The minimum Gasteiger partial charge on any atom is -0.345 e. The molecule has 3 heterocycles. The number of rotatable bonds is 3. The second-order valence-corrected chi connectivity index (χ2v) is 9.75. The number of para-hydroxylation sites is 1. The number of amides is 1. The van der Waals surface area contributed by atoms with Crippen LogP contribution in [0.25, 0.3) is 10.2 Å². The van der Waals surface area contributed by atoms with Gasteiger partial charge in [0.25, 0.3) is 0 Å². The van der Waals surface area contributed by atoms with Gasteiger partial charge in [-0.15, -0.1) is 0 Å². The van der Waals surface area contributed by atoms with E-state index in [4.69, 9.17) is 0 Å². The van der Waals surface area contributed by atoms with Crippen LogP contribution in [0.3, 0.4) is 0 Å². The van der Waals surface area contributed by atoms with Crippen LogP contribution in [0.15, 0.2) is 24.3 Å². The van der Waals surface area contributed by atoms with Crippen LogP contribution in [0, 0.1) is 0 Å². The fourth-order valence-electron chi connectivity index (χ4n) is 3.71. The quantitative estimate of drug-likeness (QED) is 0.786. The Morgan fingerprint density at radius 1 is 1.15 bits per heavy atom. The minimum atomic E-state index is -3.34. The van der Waals surface area contributed by atoms with Gasteiger partial charge in [-0.05, 0) is 25.0 Å². The van der Waals surface area contributed by atoms with E-state index in [-0.39, 0.29) is 5.91 Å². The van der Waals surface area contributed by atoms with Gasteiger partial charge in [0.1, 0.15) is 6.04 Å². The number of sulfonamides is 1. The molecule has 2 aliphatic heterocycles. The summed E-state index contributed by atoms with van der Waals surface area (Å²) < 4.78 is 26.3. The average Bonchev–Trinajstić information content (AvgIpc) is 3.28. The maximum absolute atomic E-state index is 12.8. The summed E-state index contributed by atoms with van der Waals surface area (Å²) in [5.41, 5.74) is 1.00. The number of carbonyl (C=O) groups excluding carboxylic acids is 1. The molecule has 1 amide bonds. The maximum Gasteiger partial charge on any atom is 0.241 e. The zero-order valence-corrected chi connectivity index (χ0v) is 16.3. The number of hydrogen-bond acceptors (Lipinski definition) is 6. The second kappa shape index (κ2) is 6.79. The highest BCUT2D eigenvalue weighted by Gasteiger charge is 2.39. The van der Waals surface area contributed by atoms with Gasteiger partial charge in [0.05, 0.1) is 16.5 Å². The first-order valence-corrected chi connectivity index (χ1v) is 11.5. The lowest BCUT2D eigenvalue weighted by molar-refractivity contribution is -0.134. The Bertz CT molecular complexity index is 886. The SMILES string of the molecule is CS(=O)(=O)N1CCCC1C(=O)N1CCN(c2nc3ccccc3s2)CC1. The van der Waals surface area contributed by atoms with Crippen LogP contribution in [-0.4, -0.2) is 73.5 Å². The molecule has 0 aliphatic carbocycles. The summed E-state index contributed by atoms with van der Waals surface area (Å²) in [6.45, 7) is 3.08. The molecule has 0 radical (unpaired) electrons. The van der Waals surface area contributed by atoms with Gasteiger partial charge in [-0.25, -0.2) is 13.4 Å². The molecule has 26 heavy (non-hydrogen) atoms. The zero-order chi connectivity index (χ0) is 18.3. The van der Waals surface area contributed by atoms with Crippen molar-refractivity contribution in [3.8, 4) is 0 Å². The van der Waals surface area contributed by atoms with E-state index < -0.39 is 16.1 Å². The summed E-state index contributed by atoms with van der Waals surface area (Å²) in [4.78, 5) is 21.5.